The standard InChI is InChI=1S/C16H21BrN2/c17-12-5-1-9(2-6-12)7-13(19-18)16-14-10-3-4-11(8-10)15(14)16/h1-2,5-6,10-11,13-16,19H,3-4,7-8,18H2. The summed E-state index contributed by atoms with van der Waals surface area (Å²) in [6, 6.07) is 9.14. The van der Waals surface area contributed by atoms with Gasteiger partial charge in [0.25, 0.3) is 0 Å². The highest BCUT2D eigenvalue weighted by molar-refractivity contribution is 9.10. The van der Waals surface area contributed by atoms with E-state index >= 15 is 0 Å². The lowest BCUT2D eigenvalue weighted by atomic mass is 9.94. The fourth-order valence-electron chi connectivity index (χ4n) is 5.11. The Labute approximate surface area is 123 Å². The van der Waals surface area contributed by atoms with E-state index in [1.165, 1.54) is 24.8 Å². The Morgan fingerprint density at radius 1 is 1.16 bits per heavy atom. The molecular formula is C16H21BrN2. The third-order valence-corrected chi connectivity index (χ3v) is 6.37. The Kier molecular flexibility index (Phi) is 2.98. The summed E-state index contributed by atoms with van der Waals surface area (Å²) in [4.78, 5) is 0. The molecule has 1 aromatic carbocycles. The van der Waals surface area contributed by atoms with Crippen LogP contribution in [-0.2, 0) is 6.42 Å². The van der Waals surface area contributed by atoms with Crippen molar-refractivity contribution >= 4 is 15.9 Å². The number of halogens is 1. The van der Waals surface area contributed by atoms with E-state index in [-0.39, 0.29) is 0 Å². The predicted molar refractivity (Wildman–Crippen MR) is 80.3 cm³/mol. The Hall–Kier alpha value is -0.380. The quantitative estimate of drug-likeness (QED) is 0.660. The van der Waals surface area contributed by atoms with Crippen molar-refractivity contribution in [3.05, 3.63) is 34.3 Å². The van der Waals surface area contributed by atoms with Crippen molar-refractivity contribution in [2.75, 3.05) is 0 Å². The third-order valence-electron chi connectivity index (χ3n) is 5.84. The number of hydrazine groups is 1. The zero-order valence-corrected chi connectivity index (χ0v) is 12.6. The minimum absolute atomic E-state index is 0.472. The number of nitrogens with two attached hydrogens (primary N) is 1. The van der Waals surface area contributed by atoms with Gasteiger partial charge in [-0.1, -0.05) is 28.1 Å². The molecule has 2 nitrogen and oxygen atoms in total. The molecule has 4 rings (SSSR count). The van der Waals surface area contributed by atoms with Crippen LogP contribution in [0.4, 0.5) is 0 Å². The topological polar surface area (TPSA) is 38.0 Å². The molecule has 1 aromatic rings. The lowest BCUT2D eigenvalue weighted by Gasteiger charge is -2.19. The van der Waals surface area contributed by atoms with E-state index < -0.39 is 0 Å². The van der Waals surface area contributed by atoms with Crippen molar-refractivity contribution in [1.82, 2.24) is 5.43 Å². The third kappa shape index (κ3) is 1.98. The zero-order valence-electron chi connectivity index (χ0n) is 11.1. The van der Waals surface area contributed by atoms with E-state index in [1.807, 2.05) is 0 Å². The summed E-state index contributed by atoms with van der Waals surface area (Å²) >= 11 is 3.49. The number of benzene rings is 1. The molecule has 3 heteroatoms. The first-order valence-corrected chi connectivity index (χ1v) is 8.28. The smallest absolute Gasteiger partial charge is 0.0284 e. The highest BCUT2D eigenvalue weighted by Gasteiger charge is 2.66. The molecule has 0 aromatic heterocycles. The maximum Gasteiger partial charge on any atom is 0.0284 e. The fourth-order valence-corrected chi connectivity index (χ4v) is 5.38. The predicted octanol–water partition coefficient (Wildman–Crippen LogP) is 3.12. The Bertz CT molecular complexity index is 456. The van der Waals surface area contributed by atoms with Gasteiger partial charge in [-0.15, -0.1) is 0 Å². The van der Waals surface area contributed by atoms with Gasteiger partial charge in [-0.05, 0) is 73.0 Å². The van der Waals surface area contributed by atoms with Crippen molar-refractivity contribution in [2.24, 2.45) is 35.4 Å². The SMILES string of the molecule is NNC(Cc1ccc(Br)cc1)C1C2C3CCC(C3)C21. The van der Waals surface area contributed by atoms with Gasteiger partial charge < -0.3 is 0 Å². The molecule has 0 spiro atoms. The Morgan fingerprint density at radius 2 is 1.79 bits per heavy atom. The normalized spacial score (nSPS) is 40.2. The van der Waals surface area contributed by atoms with Crippen LogP contribution in [0.25, 0.3) is 0 Å². The average molecular weight is 321 g/mol. The monoisotopic (exact) mass is 320 g/mol. The van der Waals surface area contributed by atoms with E-state index in [0.717, 1.165) is 40.5 Å². The van der Waals surface area contributed by atoms with Gasteiger partial charge in [-0.3, -0.25) is 11.3 Å². The van der Waals surface area contributed by atoms with Gasteiger partial charge >= 0.3 is 0 Å². The van der Waals surface area contributed by atoms with E-state index in [1.54, 1.807) is 0 Å². The van der Waals surface area contributed by atoms with Crippen molar-refractivity contribution in [2.45, 2.75) is 31.7 Å². The summed E-state index contributed by atoms with van der Waals surface area (Å²) in [5, 5.41) is 0. The van der Waals surface area contributed by atoms with Crippen LogP contribution in [0.2, 0.25) is 0 Å². The van der Waals surface area contributed by atoms with Crippen LogP contribution in [0.1, 0.15) is 24.8 Å². The molecule has 3 aliphatic carbocycles. The van der Waals surface area contributed by atoms with Crippen molar-refractivity contribution in [3.8, 4) is 0 Å². The van der Waals surface area contributed by atoms with E-state index in [2.05, 4.69) is 45.6 Å². The van der Waals surface area contributed by atoms with Gasteiger partial charge in [0.15, 0.2) is 0 Å². The highest BCUT2D eigenvalue weighted by Crippen LogP contribution is 2.70. The summed E-state index contributed by atoms with van der Waals surface area (Å²) in [6.07, 6.45) is 5.55. The Morgan fingerprint density at radius 3 is 2.37 bits per heavy atom. The van der Waals surface area contributed by atoms with E-state index in [4.69, 9.17) is 5.84 Å². The van der Waals surface area contributed by atoms with E-state index in [9.17, 15) is 0 Å². The molecule has 0 aliphatic heterocycles. The van der Waals surface area contributed by atoms with Crippen LogP contribution < -0.4 is 11.3 Å². The minimum Gasteiger partial charge on any atom is -0.271 e. The molecule has 3 aliphatic rings. The van der Waals surface area contributed by atoms with Crippen LogP contribution >= 0.6 is 15.9 Å². The summed E-state index contributed by atoms with van der Waals surface area (Å²) in [6.45, 7) is 0. The first-order chi connectivity index (χ1) is 9.28. The largest absolute Gasteiger partial charge is 0.271 e. The van der Waals surface area contributed by atoms with Gasteiger partial charge in [0.2, 0.25) is 0 Å². The van der Waals surface area contributed by atoms with Crippen molar-refractivity contribution in [1.29, 1.82) is 0 Å². The molecule has 5 atom stereocenters. The molecule has 0 radical (unpaired) electrons. The first-order valence-electron chi connectivity index (χ1n) is 7.48. The van der Waals surface area contributed by atoms with Crippen LogP contribution in [0.5, 0.6) is 0 Å². The van der Waals surface area contributed by atoms with Gasteiger partial charge in [0.05, 0.1) is 0 Å². The molecule has 3 fully saturated rings. The number of rotatable bonds is 4. The van der Waals surface area contributed by atoms with Gasteiger partial charge in [-0.2, -0.15) is 0 Å². The number of nitrogens with one attached hydrogen (secondary N) is 1. The first kappa shape index (κ1) is 12.4. The van der Waals surface area contributed by atoms with Crippen molar-refractivity contribution in [3.63, 3.8) is 0 Å². The number of fused-ring (bicyclic) bond motifs is 5. The van der Waals surface area contributed by atoms with Gasteiger partial charge in [0, 0.05) is 10.5 Å². The van der Waals surface area contributed by atoms with Crippen LogP contribution in [-0.4, -0.2) is 6.04 Å². The summed E-state index contributed by atoms with van der Waals surface area (Å²) < 4.78 is 1.15. The minimum atomic E-state index is 0.472. The lowest BCUT2D eigenvalue weighted by molar-refractivity contribution is 0.365. The molecule has 5 unspecified atom stereocenters. The van der Waals surface area contributed by atoms with Gasteiger partial charge in [0.1, 0.15) is 0 Å². The second-order valence-electron chi connectivity index (χ2n) is 6.67. The summed E-state index contributed by atoms with van der Waals surface area (Å²) in [7, 11) is 0. The lowest BCUT2D eigenvalue weighted by Crippen LogP contribution is -2.40. The zero-order chi connectivity index (χ0) is 13.0. The number of hydrogen-bond acceptors (Lipinski definition) is 2. The van der Waals surface area contributed by atoms with Crippen LogP contribution in [0.3, 0.4) is 0 Å². The second kappa shape index (κ2) is 4.57. The van der Waals surface area contributed by atoms with Gasteiger partial charge in [-0.25, -0.2) is 0 Å². The molecular weight excluding hydrogens is 300 g/mol. The molecule has 3 N–H and O–H groups in total. The highest BCUT2D eigenvalue weighted by atomic mass is 79.9. The molecule has 0 heterocycles. The summed E-state index contributed by atoms with van der Waals surface area (Å²) in [5.74, 6) is 10.7. The Balaban J connectivity index is 1.46. The molecule has 2 bridgehead atoms. The molecule has 0 saturated heterocycles. The van der Waals surface area contributed by atoms with Crippen LogP contribution in [0.15, 0.2) is 28.7 Å². The fraction of sp³-hybridized carbons (Fsp3) is 0.625. The maximum atomic E-state index is 5.85. The molecule has 0 amide bonds. The molecule has 102 valence electrons. The maximum absolute atomic E-state index is 5.85. The second-order valence-corrected chi connectivity index (χ2v) is 7.58. The average Bonchev–Trinajstić information content (AvgIpc) is 2.86. The molecule has 19 heavy (non-hydrogen) atoms. The number of hydrogen-bond donors (Lipinski definition) is 2. The van der Waals surface area contributed by atoms with Crippen molar-refractivity contribution < 1.29 is 0 Å². The van der Waals surface area contributed by atoms with E-state index in [0.29, 0.717) is 6.04 Å². The molecule has 3 saturated carbocycles. The summed E-state index contributed by atoms with van der Waals surface area (Å²) in [5.41, 5.74) is 4.50. The van der Waals surface area contributed by atoms with Crippen LogP contribution in [0, 0.1) is 29.6 Å².